The molecule has 1 aliphatic carbocycles. The molecular weight excluding hydrogens is 359 g/mol. The summed E-state index contributed by atoms with van der Waals surface area (Å²) in [7, 11) is 0. The standard InChI is InChI=1S/C21H31FN4O2/c22-18-8-6-17(7-9-18)20(27)23-11-12-24-21(28)25-14-16-10-13-26(15-16)19-4-2-1-3-5-19/h6-9,16,19H,1-5,10-15H2,(H,23,27)(H2,24,25,28)/t16-/m0/s1. The third-order valence-corrected chi connectivity index (χ3v) is 5.76. The minimum absolute atomic E-state index is 0.202. The van der Waals surface area contributed by atoms with Gasteiger partial charge in [0.15, 0.2) is 0 Å². The van der Waals surface area contributed by atoms with Crippen LogP contribution in [0.3, 0.4) is 0 Å². The van der Waals surface area contributed by atoms with Crippen molar-refractivity contribution >= 4 is 11.9 Å². The first-order valence-corrected chi connectivity index (χ1v) is 10.4. The molecule has 0 spiro atoms. The first-order chi connectivity index (χ1) is 13.6. The van der Waals surface area contributed by atoms with E-state index in [9.17, 15) is 14.0 Å². The van der Waals surface area contributed by atoms with E-state index in [1.807, 2.05) is 0 Å². The molecule has 1 aliphatic heterocycles. The number of carbonyl (C=O) groups excluding carboxylic acids is 2. The number of rotatable bonds is 7. The Morgan fingerprint density at radius 1 is 0.964 bits per heavy atom. The van der Waals surface area contributed by atoms with Crippen LogP contribution < -0.4 is 16.0 Å². The van der Waals surface area contributed by atoms with Gasteiger partial charge in [-0.1, -0.05) is 19.3 Å². The lowest BCUT2D eigenvalue weighted by Gasteiger charge is -2.31. The number of nitrogens with one attached hydrogen (secondary N) is 3. The van der Waals surface area contributed by atoms with Gasteiger partial charge in [0, 0.05) is 37.8 Å². The summed E-state index contributed by atoms with van der Waals surface area (Å²) in [4.78, 5) is 26.4. The summed E-state index contributed by atoms with van der Waals surface area (Å²) in [5.41, 5.74) is 0.398. The number of carbonyl (C=O) groups is 2. The Morgan fingerprint density at radius 3 is 2.43 bits per heavy atom. The number of benzene rings is 1. The summed E-state index contributed by atoms with van der Waals surface area (Å²) < 4.78 is 12.9. The number of halogens is 1. The van der Waals surface area contributed by atoms with Crippen LogP contribution in [0.4, 0.5) is 9.18 Å². The second kappa shape index (κ2) is 10.4. The third kappa shape index (κ3) is 6.19. The van der Waals surface area contributed by atoms with Crippen molar-refractivity contribution in [2.75, 3.05) is 32.7 Å². The van der Waals surface area contributed by atoms with Gasteiger partial charge < -0.3 is 20.9 Å². The maximum absolute atomic E-state index is 12.9. The fraction of sp³-hybridized carbons (Fsp3) is 0.619. The van der Waals surface area contributed by atoms with Crippen LogP contribution in [0.2, 0.25) is 0 Å². The van der Waals surface area contributed by atoms with E-state index in [1.165, 1.54) is 56.4 Å². The lowest BCUT2D eigenvalue weighted by molar-refractivity contribution is 0.0953. The summed E-state index contributed by atoms with van der Waals surface area (Å²) in [5.74, 6) is -0.138. The molecule has 3 N–H and O–H groups in total. The van der Waals surface area contributed by atoms with Crippen molar-refractivity contribution < 1.29 is 14.0 Å². The summed E-state index contributed by atoms with van der Waals surface area (Å²) >= 11 is 0. The molecule has 1 atom stereocenters. The lowest BCUT2D eigenvalue weighted by Crippen LogP contribution is -2.42. The highest BCUT2D eigenvalue weighted by atomic mass is 19.1. The highest BCUT2D eigenvalue weighted by Crippen LogP contribution is 2.27. The lowest BCUT2D eigenvalue weighted by atomic mass is 9.94. The van der Waals surface area contributed by atoms with Crippen molar-refractivity contribution in [3.63, 3.8) is 0 Å². The monoisotopic (exact) mass is 390 g/mol. The molecular formula is C21H31FN4O2. The zero-order valence-electron chi connectivity index (χ0n) is 16.4. The van der Waals surface area contributed by atoms with Gasteiger partial charge in [0.2, 0.25) is 0 Å². The van der Waals surface area contributed by atoms with E-state index in [-0.39, 0.29) is 17.8 Å². The second-order valence-corrected chi connectivity index (χ2v) is 7.84. The van der Waals surface area contributed by atoms with E-state index in [4.69, 9.17) is 0 Å². The van der Waals surface area contributed by atoms with E-state index < -0.39 is 0 Å². The molecule has 1 aromatic rings. The molecule has 0 radical (unpaired) electrons. The van der Waals surface area contributed by atoms with Gasteiger partial charge in [0.1, 0.15) is 5.82 Å². The number of amides is 3. The van der Waals surface area contributed by atoms with Crippen LogP contribution in [0.1, 0.15) is 48.9 Å². The van der Waals surface area contributed by atoms with Gasteiger partial charge >= 0.3 is 6.03 Å². The minimum Gasteiger partial charge on any atom is -0.350 e. The summed E-state index contributed by atoms with van der Waals surface area (Å²) in [6.45, 7) is 3.59. The Hall–Kier alpha value is -2.15. The Labute approximate surface area is 166 Å². The first-order valence-electron chi connectivity index (χ1n) is 10.4. The van der Waals surface area contributed by atoms with E-state index in [2.05, 4.69) is 20.9 Å². The molecule has 3 rings (SSSR count). The Bertz CT molecular complexity index is 646. The topological polar surface area (TPSA) is 73.5 Å². The average molecular weight is 391 g/mol. The molecule has 1 heterocycles. The summed E-state index contributed by atoms with van der Waals surface area (Å²) in [6.07, 6.45) is 7.87. The van der Waals surface area contributed by atoms with E-state index >= 15 is 0 Å². The van der Waals surface area contributed by atoms with Gasteiger partial charge in [-0.25, -0.2) is 9.18 Å². The number of hydrogen-bond acceptors (Lipinski definition) is 3. The number of likely N-dealkylation sites (tertiary alicyclic amines) is 1. The van der Waals surface area contributed by atoms with Crippen LogP contribution in [0.25, 0.3) is 0 Å². The predicted molar refractivity (Wildman–Crippen MR) is 107 cm³/mol. The fourth-order valence-corrected chi connectivity index (χ4v) is 4.16. The summed E-state index contributed by atoms with van der Waals surface area (Å²) in [6, 6.07) is 5.91. The van der Waals surface area contributed by atoms with Crippen LogP contribution in [0.15, 0.2) is 24.3 Å². The average Bonchev–Trinajstić information content (AvgIpc) is 3.20. The van der Waals surface area contributed by atoms with Gasteiger partial charge in [-0.3, -0.25) is 4.79 Å². The largest absolute Gasteiger partial charge is 0.350 e. The smallest absolute Gasteiger partial charge is 0.314 e. The third-order valence-electron chi connectivity index (χ3n) is 5.76. The second-order valence-electron chi connectivity index (χ2n) is 7.84. The molecule has 0 aromatic heterocycles. The van der Waals surface area contributed by atoms with Crippen molar-refractivity contribution in [2.24, 2.45) is 5.92 Å². The quantitative estimate of drug-likeness (QED) is 0.627. The van der Waals surface area contributed by atoms with Crippen molar-refractivity contribution in [1.82, 2.24) is 20.9 Å². The molecule has 2 aliphatic rings. The van der Waals surface area contributed by atoms with Gasteiger partial charge in [0.05, 0.1) is 0 Å². The van der Waals surface area contributed by atoms with Crippen LogP contribution in [-0.4, -0.2) is 55.6 Å². The highest BCUT2D eigenvalue weighted by molar-refractivity contribution is 5.94. The van der Waals surface area contributed by atoms with Crippen molar-refractivity contribution in [2.45, 2.75) is 44.6 Å². The summed E-state index contributed by atoms with van der Waals surface area (Å²) in [5, 5.41) is 8.40. The SMILES string of the molecule is O=C(NCCNC(=O)c1ccc(F)cc1)NC[C@@H]1CCN(C2CCCCC2)C1. The van der Waals surface area contributed by atoms with Gasteiger partial charge in [-0.05, 0) is 56.0 Å². The van der Waals surface area contributed by atoms with E-state index in [1.54, 1.807) is 0 Å². The van der Waals surface area contributed by atoms with E-state index in [0.717, 1.165) is 25.6 Å². The zero-order valence-corrected chi connectivity index (χ0v) is 16.4. The molecule has 1 saturated heterocycles. The van der Waals surface area contributed by atoms with Crippen LogP contribution >= 0.6 is 0 Å². The van der Waals surface area contributed by atoms with Crippen molar-refractivity contribution in [3.8, 4) is 0 Å². The van der Waals surface area contributed by atoms with Crippen molar-refractivity contribution in [1.29, 1.82) is 0 Å². The van der Waals surface area contributed by atoms with Crippen LogP contribution in [0.5, 0.6) is 0 Å². The Morgan fingerprint density at radius 2 is 1.68 bits per heavy atom. The minimum atomic E-state index is -0.376. The molecule has 0 unspecified atom stereocenters. The van der Waals surface area contributed by atoms with Gasteiger partial charge in [0.25, 0.3) is 5.91 Å². The molecule has 28 heavy (non-hydrogen) atoms. The Balaban J connectivity index is 1.26. The molecule has 7 heteroatoms. The fourth-order valence-electron chi connectivity index (χ4n) is 4.16. The predicted octanol–water partition coefficient (Wildman–Crippen LogP) is 2.51. The van der Waals surface area contributed by atoms with Crippen LogP contribution in [-0.2, 0) is 0 Å². The van der Waals surface area contributed by atoms with E-state index in [0.29, 0.717) is 31.1 Å². The van der Waals surface area contributed by atoms with Gasteiger partial charge in [-0.15, -0.1) is 0 Å². The highest BCUT2D eigenvalue weighted by Gasteiger charge is 2.29. The molecule has 2 fully saturated rings. The maximum atomic E-state index is 12.9. The first kappa shape index (κ1) is 20.6. The molecule has 154 valence electrons. The van der Waals surface area contributed by atoms with Crippen LogP contribution in [0, 0.1) is 11.7 Å². The molecule has 6 nitrogen and oxygen atoms in total. The molecule has 3 amide bonds. The number of nitrogens with zero attached hydrogens (tertiary/aromatic N) is 1. The normalized spacial score (nSPS) is 20.7. The molecule has 1 saturated carbocycles. The zero-order chi connectivity index (χ0) is 19.8. The number of urea groups is 1. The Kier molecular flexibility index (Phi) is 7.65. The molecule has 0 bridgehead atoms. The molecule has 1 aromatic carbocycles. The van der Waals surface area contributed by atoms with Crippen molar-refractivity contribution in [3.05, 3.63) is 35.6 Å². The maximum Gasteiger partial charge on any atom is 0.314 e. The van der Waals surface area contributed by atoms with Gasteiger partial charge in [-0.2, -0.15) is 0 Å². The number of hydrogen-bond donors (Lipinski definition) is 3.